The van der Waals surface area contributed by atoms with Crippen LogP contribution in [0.3, 0.4) is 0 Å². The van der Waals surface area contributed by atoms with Crippen LogP contribution in [0.1, 0.15) is 20.3 Å². The average molecular weight is 173 g/mol. The zero-order chi connectivity index (χ0) is 9.30. The van der Waals surface area contributed by atoms with E-state index >= 15 is 0 Å². The van der Waals surface area contributed by atoms with Gasteiger partial charge in [-0.25, -0.2) is 0 Å². The average Bonchev–Trinajstić information content (AvgIpc) is 2.28. The standard InChI is InChI=1S/C8H15NO3/c1-5-3-7(10)4-9(5)6(2)8(11)12/h5-7,10H,3-4H2,1-2H3,(H,11,12). The van der Waals surface area contributed by atoms with Crippen molar-refractivity contribution in [3.63, 3.8) is 0 Å². The van der Waals surface area contributed by atoms with Crippen LogP contribution in [0.2, 0.25) is 0 Å². The number of aliphatic hydroxyl groups is 1. The van der Waals surface area contributed by atoms with E-state index < -0.39 is 12.0 Å². The highest BCUT2D eigenvalue weighted by Gasteiger charge is 2.33. The number of likely N-dealkylation sites (tertiary alicyclic amines) is 1. The van der Waals surface area contributed by atoms with Crippen LogP contribution in [0.25, 0.3) is 0 Å². The van der Waals surface area contributed by atoms with Gasteiger partial charge in [-0.15, -0.1) is 0 Å². The fourth-order valence-electron chi connectivity index (χ4n) is 1.71. The Labute approximate surface area is 71.8 Å². The SMILES string of the molecule is CC1CC(O)CN1C(C)C(=O)O. The van der Waals surface area contributed by atoms with Crippen molar-refractivity contribution in [3.8, 4) is 0 Å². The molecule has 0 aromatic carbocycles. The van der Waals surface area contributed by atoms with E-state index in [1.165, 1.54) is 0 Å². The molecule has 3 unspecified atom stereocenters. The molecular formula is C8H15NO3. The Kier molecular flexibility index (Phi) is 2.69. The van der Waals surface area contributed by atoms with Gasteiger partial charge in [0.15, 0.2) is 0 Å². The summed E-state index contributed by atoms with van der Waals surface area (Å²) in [5, 5.41) is 18.0. The number of carbonyl (C=O) groups is 1. The van der Waals surface area contributed by atoms with Crippen LogP contribution < -0.4 is 0 Å². The highest BCUT2D eigenvalue weighted by molar-refractivity contribution is 5.73. The molecule has 3 atom stereocenters. The van der Waals surface area contributed by atoms with E-state index in [0.717, 1.165) is 0 Å². The van der Waals surface area contributed by atoms with Gasteiger partial charge in [0.05, 0.1) is 6.10 Å². The number of aliphatic hydroxyl groups excluding tert-OH is 1. The van der Waals surface area contributed by atoms with Crippen LogP contribution in [0.5, 0.6) is 0 Å². The third-order valence-electron chi connectivity index (χ3n) is 2.46. The van der Waals surface area contributed by atoms with Crippen molar-refractivity contribution < 1.29 is 15.0 Å². The largest absolute Gasteiger partial charge is 0.480 e. The van der Waals surface area contributed by atoms with Crippen LogP contribution in [0.15, 0.2) is 0 Å². The second-order valence-corrected chi connectivity index (χ2v) is 3.45. The summed E-state index contributed by atoms with van der Waals surface area (Å²) in [5.74, 6) is -0.823. The predicted octanol–water partition coefficient (Wildman–Crippen LogP) is -0.0854. The van der Waals surface area contributed by atoms with Crippen molar-refractivity contribution in [2.45, 2.75) is 38.5 Å². The highest BCUT2D eigenvalue weighted by atomic mass is 16.4. The molecule has 0 spiro atoms. The summed E-state index contributed by atoms with van der Waals surface area (Å²) < 4.78 is 0. The van der Waals surface area contributed by atoms with Crippen LogP contribution in [0.4, 0.5) is 0 Å². The molecule has 70 valence electrons. The first-order chi connectivity index (χ1) is 5.52. The lowest BCUT2D eigenvalue weighted by molar-refractivity contribution is -0.142. The van der Waals surface area contributed by atoms with Gasteiger partial charge >= 0.3 is 5.97 Å². The van der Waals surface area contributed by atoms with Gasteiger partial charge in [0.2, 0.25) is 0 Å². The molecule has 0 bridgehead atoms. The molecule has 2 N–H and O–H groups in total. The first-order valence-electron chi connectivity index (χ1n) is 4.19. The molecule has 1 aliphatic heterocycles. The third kappa shape index (κ3) is 1.76. The van der Waals surface area contributed by atoms with Gasteiger partial charge < -0.3 is 10.2 Å². The lowest BCUT2D eigenvalue weighted by atomic mass is 10.2. The number of hydrogen-bond donors (Lipinski definition) is 2. The van der Waals surface area contributed by atoms with Crippen molar-refractivity contribution in [3.05, 3.63) is 0 Å². The van der Waals surface area contributed by atoms with E-state index in [9.17, 15) is 9.90 Å². The minimum absolute atomic E-state index is 0.172. The Morgan fingerprint density at radius 1 is 1.67 bits per heavy atom. The molecule has 0 aliphatic carbocycles. The van der Waals surface area contributed by atoms with E-state index in [-0.39, 0.29) is 12.1 Å². The van der Waals surface area contributed by atoms with Gasteiger partial charge in [0.25, 0.3) is 0 Å². The van der Waals surface area contributed by atoms with E-state index in [1.54, 1.807) is 6.92 Å². The molecule has 4 heteroatoms. The number of hydrogen-bond acceptors (Lipinski definition) is 3. The number of carboxylic acids is 1. The maximum atomic E-state index is 10.6. The van der Waals surface area contributed by atoms with Gasteiger partial charge in [-0.05, 0) is 20.3 Å². The quantitative estimate of drug-likeness (QED) is 0.613. The Bertz CT molecular complexity index is 183. The molecule has 1 heterocycles. The lowest BCUT2D eigenvalue weighted by Crippen LogP contribution is -2.41. The minimum Gasteiger partial charge on any atom is -0.480 e. The maximum Gasteiger partial charge on any atom is 0.320 e. The molecule has 1 fully saturated rings. The van der Waals surface area contributed by atoms with Crippen LogP contribution >= 0.6 is 0 Å². The fraction of sp³-hybridized carbons (Fsp3) is 0.875. The second kappa shape index (κ2) is 3.41. The molecule has 4 nitrogen and oxygen atoms in total. The van der Waals surface area contributed by atoms with Gasteiger partial charge in [0.1, 0.15) is 6.04 Å². The Balaban J connectivity index is 2.57. The zero-order valence-corrected chi connectivity index (χ0v) is 7.40. The van der Waals surface area contributed by atoms with Gasteiger partial charge in [-0.2, -0.15) is 0 Å². The van der Waals surface area contributed by atoms with Gasteiger partial charge in [-0.3, -0.25) is 9.69 Å². The Morgan fingerprint density at radius 2 is 2.25 bits per heavy atom. The van der Waals surface area contributed by atoms with Crippen molar-refractivity contribution in [2.75, 3.05) is 6.54 Å². The predicted molar refractivity (Wildman–Crippen MR) is 43.9 cm³/mol. The van der Waals surface area contributed by atoms with Crippen LogP contribution in [-0.4, -0.2) is 45.8 Å². The van der Waals surface area contributed by atoms with E-state index in [0.29, 0.717) is 13.0 Å². The van der Waals surface area contributed by atoms with Crippen molar-refractivity contribution in [1.82, 2.24) is 4.90 Å². The molecule has 1 aliphatic rings. The summed E-state index contributed by atoms with van der Waals surface area (Å²) in [4.78, 5) is 12.4. The van der Waals surface area contributed by atoms with Gasteiger partial charge in [-0.1, -0.05) is 0 Å². The number of aliphatic carboxylic acids is 1. The van der Waals surface area contributed by atoms with E-state index in [1.807, 2.05) is 11.8 Å². The summed E-state index contributed by atoms with van der Waals surface area (Å²) in [5.41, 5.74) is 0. The maximum absolute atomic E-state index is 10.6. The summed E-state index contributed by atoms with van der Waals surface area (Å²) in [7, 11) is 0. The summed E-state index contributed by atoms with van der Waals surface area (Å²) in [6, 6.07) is -0.316. The normalized spacial score (nSPS) is 33.6. The third-order valence-corrected chi connectivity index (χ3v) is 2.46. The van der Waals surface area contributed by atoms with Crippen molar-refractivity contribution >= 4 is 5.97 Å². The first kappa shape index (κ1) is 9.48. The Morgan fingerprint density at radius 3 is 2.58 bits per heavy atom. The lowest BCUT2D eigenvalue weighted by Gasteiger charge is -2.24. The number of nitrogens with zero attached hydrogens (tertiary/aromatic N) is 1. The fourth-order valence-corrected chi connectivity index (χ4v) is 1.71. The smallest absolute Gasteiger partial charge is 0.320 e. The monoisotopic (exact) mass is 173 g/mol. The molecule has 0 aromatic rings. The molecule has 0 amide bonds. The Hall–Kier alpha value is -0.610. The molecular weight excluding hydrogens is 158 g/mol. The van der Waals surface area contributed by atoms with Crippen LogP contribution in [0, 0.1) is 0 Å². The van der Waals surface area contributed by atoms with Crippen molar-refractivity contribution in [1.29, 1.82) is 0 Å². The molecule has 12 heavy (non-hydrogen) atoms. The first-order valence-corrected chi connectivity index (χ1v) is 4.19. The van der Waals surface area contributed by atoms with Gasteiger partial charge in [0, 0.05) is 12.6 Å². The molecule has 0 aromatic heterocycles. The molecule has 0 saturated carbocycles. The molecule has 0 radical (unpaired) electrons. The zero-order valence-electron chi connectivity index (χ0n) is 7.40. The number of carboxylic acid groups (broad SMARTS) is 1. The van der Waals surface area contributed by atoms with Crippen LogP contribution in [-0.2, 0) is 4.79 Å². The second-order valence-electron chi connectivity index (χ2n) is 3.45. The number of rotatable bonds is 2. The molecule has 1 rings (SSSR count). The summed E-state index contributed by atoms with van der Waals surface area (Å²) in [6.07, 6.45) is 0.319. The van der Waals surface area contributed by atoms with E-state index in [4.69, 9.17) is 5.11 Å². The van der Waals surface area contributed by atoms with Crippen molar-refractivity contribution in [2.24, 2.45) is 0 Å². The molecule has 1 saturated heterocycles. The summed E-state index contributed by atoms with van der Waals surface area (Å²) in [6.45, 7) is 4.07. The number of β-amino-alcohol motifs (C(OH)–C–C–N with tert-alkyl or cyclic N) is 1. The van der Waals surface area contributed by atoms with E-state index in [2.05, 4.69) is 0 Å². The summed E-state index contributed by atoms with van der Waals surface area (Å²) >= 11 is 0. The highest BCUT2D eigenvalue weighted by Crippen LogP contribution is 2.19. The topological polar surface area (TPSA) is 60.8 Å². The minimum atomic E-state index is -0.823.